The number of hydrogen-bond donors (Lipinski definition) is 2. The van der Waals surface area contributed by atoms with Gasteiger partial charge < -0.3 is 5.32 Å². The fourth-order valence-corrected chi connectivity index (χ4v) is 3.32. The Balaban J connectivity index is 2.04. The van der Waals surface area contributed by atoms with Crippen molar-refractivity contribution in [2.75, 3.05) is 19.6 Å². The van der Waals surface area contributed by atoms with Crippen molar-refractivity contribution in [1.82, 2.24) is 20.4 Å². The Morgan fingerprint density at radius 2 is 2.13 bits per heavy atom. The van der Waals surface area contributed by atoms with Crippen LogP contribution in [0.15, 0.2) is 22.9 Å². The molecule has 1 amide bonds. The number of carbonyl (C=O) groups excluding carboxylic acids is 1. The van der Waals surface area contributed by atoms with Gasteiger partial charge in [-0.15, -0.1) is 0 Å². The number of nitrogens with one attached hydrogen (secondary N) is 2. The summed E-state index contributed by atoms with van der Waals surface area (Å²) < 4.78 is 0. The van der Waals surface area contributed by atoms with Crippen molar-refractivity contribution < 1.29 is 4.79 Å². The van der Waals surface area contributed by atoms with E-state index in [1.807, 2.05) is 6.07 Å². The summed E-state index contributed by atoms with van der Waals surface area (Å²) in [5.41, 5.74) is 2.69. The SMILES string of the molecule is CCN(CC)[C@H](CNC(=O)c1cc(C(C)C)[nH]n1)c1ccsc1. The molecule has 0 saturated carbocycles. The molecule has 2 aromatic heterocycles. The Hall–Kier alpha value is -1.66. The lowest BCUT2D eigenvalue weighted by atomic mass is 10.1. The molecule has 126 valence electrons. The van der Waals surface area contributed by atoms with Gasteiger partial charge >= 0.3 is 0 Å². The Kier molecular flexibility index (Phi) is 6.36. The lowest BCUT2D eigenvalue weighted by Gasteiger charge is -2.29. The molecule has 0 aliphatic rings. The van der Waals surface area contributed by atoms with E-state index in [2.05, 4.69) is 64.9 Å². The maximum absolute atomic E-state index is 12.3. The van der Waals surface area contributed by atoms with Crippen molar-refractivity contribution >= 4 is 17.2 Å². The van der Waals surface area contributed by atoms with E-state index in [9.17, 15) is 4.79 Å². The van der Waals surface area contributed by atoms with Gasteiger partial charge in [-0.05, 0) is 47.5 Å². The first-order valence-corrected chi connectivity index (χ1v) is 9.10. The predicted molar refractivity (Wildman–Crippen MR) is 95.0 cm³/mol. The fourth-order valence-electron chi connectivity index (χ4n) is 2.62. The monoisotopic (exact) mass is 334 g/mol. The Morgan fingerprint density at radius 3 is 2.65 bits per heavy atom. The number of aromatic nitrogens is 2. The highest BCUT2D eigenvalue weighted by atomic mass is 32.1. The van der Waals surface area contributed by atoms with E-state index in [0.717, 1.165) is 18.8 Å². The van der Waals surface area contributed by atoms with Crippen LogP contribution in [0.25, 0.3) is 0 Å². The number of carbonyl (C=O) groups is 1. The number of amides is 1. The summed E-state index contributed by atoms with van der Waals surface area (Å²) in [6.07, 6.45) is 0. The summed E-state index contributed by atoms with van der Waals surface area (Å²) in [6, 6.07) is 4.16. The van der Waals surface area contributed by atoms with Gasteiger partial charge in [0.05, 0.1) is 6.04 Å². The van der Waals surface area contributed by atoms with Crippen LogP contribution < -0.4 is 5.32 Å². The van der Waals surface area contributed by atoms with E-state index in [0.29, 0.717) is 18.2 Å². The molecule has 2 N–H and O–H groups in total. The van der Waals surface area contributed by atoms with Gasteiger partial charge in [-0.1, -0.05) is 27.7 Å². The first-order valence-electron chi connectivity index (χ1n) is 8.16. The molecular formula is C17H26N4OS. The third-order valence-corrected chi connectivity index (χ3v) is 4.79. The van der Waals surface area contributed by atoms with E-state index in [-0.39, 0.29) is 11.9 Å². The first kappa shape index (κ1) is 17.7. The lowest BCUT2D eigenvalue weighted by Crippen LogP contribution is -2.38. The van der Waals surface area contributed by atoms with Gasteiger partial charge in [0.2, 0.25) is 0 Å². The highest BCUT2D eigenvalue weighted by molar-refractivity contribution is 7.07. The maximum Gasteiger partial charge on any atom is 0.271 e. The molecule has 2 rings (SSSR count). The molecule has 2 aromatic rings. The van der Waals surface area contributed by atoms with E-state index in [4.69, 9.17) is 0 Å². The lowest BCUT2D eigenvalue weighted by molar-refractivity contribution is 0.0930. The van der Waals surface area contributed by atoms with Gasteiger partial charge in [-0.3, -0.25) is 14.8 Å². The van der Waals surface area contributed by atoms with Crippen LogP contribution in [0.5, 0.6) is 0 Å². The van der Waals surface area contributed by atoms with Gasteiger partial charge in [0, 0.05) is 12.2 Å². The van der Waals surface area contributed by atoms with Crippen molar-refractivity contribution in [3.05, 3.63) is 39.8 Å². The van der Waals surface area contributed by atoms with Crippen LogP contribution in [0.4, 0.5) is 0 Å². The molecular weight excluding hydrogens is 308 g/mol. The first-order chi connectivity index (χ1) is 11.1. The molecule has 0 fully saturated rings. The summed E-state index contributed by atoms with van der Waals surface area (Å²) in [6.45, 7) is 10.9. The quantitative estimate of drug-likeness (QED) is 0.778. The van der Waals surface area contributed by atoms with E-state index < -0.39 is 0 Å². The number of aromatic amines is 1. The highest BCUT2D eigenvalue weighted by Gasteiger charge is 2.20. The summed E-state index contributed by atoms with van der Waals surface area (Å²) in [4.78, 5) is 14.7. The standard InChI is InChI=1S/C17H26N4OS/c1-5-21(6-2)16(13-7-8-23-11-13)10-18-17(22)15-9-14(12(3)4)19-20-15/h7-9,11-12,16H,5-6,10H2,1-4H3,(H,18,22)(H,19,20)/t16-/m1/s1. The van der Waals surface area contributed by atoms with Crippen LogP contribution in [0, 0.1) is 0 Å². The van der Waals surface area contributed by atoms with Crippen LogP contribution in [0.3, 0.4) is 0 Å². The zero-order valence-electron chi connectivity index (χ0n) is 14.3. The zero-order chi connectivity index (χ0) is 16.8. The van der Waals surface area contributed by atoms with Gasteiger partial charge in [-0.25, -0.2) is 0 Å². The molecule has 0 saturated heterocycles. The summed E-state index contributed by atoms with van der Waals surface area (Å²) in [5.74, 6) is 0.207. The molecule has 0 aromatic carbocycles. The number of nitrogens with zero attached hydrogens (tertiary/aromatic N) is 2. The third kappa shape index (κ3) is 4.42. The third-order valence-electron chi connectivity index (χ3n) is 4.09. The number of rotatable bonds is 8. The molecule has 0 aliphatic heterocycles. The Labute approximate surface area is 142 Å². The molecule has 23 heavy (non-hydrogen) atoms. The van der Waals surface area contributed by atoms with Crippen LogP contribution in [-0.4, -0.2) is 40.6 Å². The second kappa shape index (κ2) is 8.26. The molecule has 6 heteroatoms. The van der Waals surface area contributed by atoms with Gasteiger partial charge in [0.1, 0.15) is 5.69 Å². The van der Waals surface area contributed by atoms with Crippen LogP contribution in [-0.2, 0) is 0 Å². The van der Waals surface area contributed by atoms with Crippen molar-refractivity contribution in [2.45, 2.75) is 39.7 Å². The number of hydrogen-bond acceptors (Lipinski definition) is 4. The fraction of sp³-hybridized carbons (Fsp3) is 0.529. The van der Waals surface area contributed by atoms with Crippen molar-refractivity contribution in [2.24, 2.45) is 0 Å². The minimum Gasteiger partial charge on any atom is -0.349 e. The largest absolute Gasteiger partial charge is 0.349 e. The van der Waals surface area contributed by atoms with Crippen LogP contribution >= 0.6 is 11.3 Å². The molecule has 5 nitrogen and oxygen atoms in total. The van der Waals surface area contributed by atoms with E-state index in [1.165, 1.54) is 5.56 Å². The van der Waals surface area contributed by atoms with Crippen molar-refractivity contribution in [3.63, 3.8) is 0 Å². The predicted octanol–water partition coefficient (Wildman–Crippen LogP) is 3.41. The molecule has 0 unspecified atom stereocenters. The Morgan fingerprint density at radius 1 is 1.39 bits per heavy atom. The molecule has 1 atom stereocenters. The van der Waals surface area contributed by atoms with Gasteiger partial charge in [0.25, 0.3) is 5.91 Å². The molecule has 0 bridgehead atoms. The normalized spacial score (nSPS) is 12.8. The van der Waals surface area contributed by atoms with E-state index >= 15 is 0 Å². The molecule has 0 spiro atoms. The molecule has 0 aliphatic carbocycles. The number of H-pyrrole nitrogens is 1. The smallest absolute Gasteiger partial charge is 0.271 e. The molecule has 2 heterocycles. The maximum atomic E-state index is 12.3. The second-order valence-corrected chi connectivity index (χ2v) is 6.65. The number of thiophene rings is 1. The highest BCUT2D eigenvalue weighted by Crippen LogP contribution is 2.22. The van der Waals surface area contributed by atoms with Gasteiger partial charge in [-0.2, -0.15) is 16.4 Å². The topological polar surface area (TPSA) is 61.0 Å². The average Bonchev–Trinajstić information content (AvgIpc) is 3.22. The Bertz CT molecular complexity index is 602. The van der Waals surface area contributed by atoms with Crippen molar-refractivity contribution in [3.8, 4) is 0 Å². The summed E-state index contributed by atoms with van der Waals surface area (Å²) in [7, 11) is 0. The van der Waals surface area contributed by atoms with Crippen LogP contribution in [0.1, 0.15) is 61.4 Å². The average molecular weight is 334 g/mol. The zero-order valence-corrected chi connectivity index (χ0v) is 15.1. The van der Waals surface area contributed by atoms with Crippen LogP contribution in [0.2, 0.25) is 0 Å². The second-order valence-electron chi connectivity index (χ2n) is 5.87. The molecule has 0 radical (unpaired) electrons. The van der Waals surface area contributed by atoms with E-state index in [1.54, 1.807) is 11.3 Å². The van der Waals surface area contributed by atoms with Gasteiger partial charge in [0.15, 0.2) is 0 Å². The van der Waals surface area contributed by atoms with Crippen molar-refractivity contribution in [1.29, 1.82) is 0 Å². The summed E-state index contributed by atoms with van der Waals surface area (Å²) in [5, 5.41) is 14.3. The minimum absolute atomic E-state index is 0.125. The minimum atomic E-state index is -0.125. The summed E-state index contributed by atoms with van der Waals surface area (Å²) >= 11 is 1.69. The number of likely N-dealkylation sites (N-methyl/N-ethyl adjacent to an activating group) is 1.